The van der Waals surface area contributed by atoms with E-state index in [1.165, 1.54) is 12.1 Å². The van der Waals surface area contributed by atoms with Crippen molar-refractivity contribution in [2.45, 2.75) is 26.2 Å². The van der Waals surface area contributed by atoms with Crippen LogP contribution >= 0.6 is 0 Å². The van der Waals surface area contributed by atoms with Gasteiger partial charge >= 0.3 is 6.18 Å². The zero-order chi connectivity index (χ0) is 15.3. The molecule has 21 heavy (non-hydrogen) atoms. The Balaban J connectivity index is 1.86. The van der Waals surface area contributed by atoms with E-state index in [-0.39, 0.29) is 12.1 Å². The SMILES string of the molecule is CC(CNCc1ccccc1C(F)(F)F)Cn1ccnc1. The van der Waals surface area contributed by atoms with Crippen molar-refractivity contribution in [3.63, 3.8) is 0 Å². The van der Waals surface area contributed by atoms with Crippen molar-refractivity contribution >= 4 is 0 Å². The van der Waals surface area contributed by atoms with Gasteiger partial charge in [0.05, 0.1) is 11.9 Å². The Labute approximate surface area is 121 Å². The number of aromatic nitrogens is 2. The quantitative estimate of drug-likeness (QED) is 0.886. The molecule has 2 rings (SSSR count). The number of imidazole rings is 1. The van der Waals surface area contributed by atoms with Gasteiger partial charge in [-0.1, -0.05) is 25.1 Å². The number of hydrogen-bond donors (Lipinski definition) is 1. The van der Waals surface area contributed by atoms with Crippen molar-refractivity contribution in [1.82, 2.24) is 14.9 Å². The third-order valence-corrected chi connectivity index (χ3v) is 3.21. The maximum Gasteiger partial charge on any atom is 0.416 e. The largest absolute Gasteiger partial charge is 0.416 e. The molecule has 0 spiro atoms. The van der Waals surface area contributed by atoms with Crippen LogP contribution in [0.1, 0.15) is 18.1 Å². The molecule has 1 unspecified atom stereocenters. The van der Waals surface area contributed by atoms with Crippen LogP contribution in [0.2, 0.25) is 0 Å². The van der Waals surface area contributed by atoms with Crippen LogP contribution < -0.4 is 5.32 Å². The Bertz CT molecular complexity index is 550. The van der Waals surface area contributed by atoms with Crippen molar-refractivity contribution in [3.8, 4) is 0 Å². The highest BCUT2D eigenvalue weighted by molar-refractivity contribution is 5.29. The fraction of sp³-hybridized carbons (Fsp3) is 0.400. The molecule has 0 aliphatic rings. The maximum atomic E-state index is 12.8. The summed E-state index contributed by atoms with van der Waals surface area (Å²) in [7, 11) is 0. The van der Waals surface area contributed by atoms with Crippen LogP contribution in [0.3, 0.4) is 0 Å². The van der Waals surface area contributed by atoms with E-state index in [0.29, 0.717) is 12.5 Å². The second-order valence-corrected chi connectivity index (χ2v) is 5.15. The molecule has 0 saturated heterocycles. The van der Waals surface area contributed by atoms with Crippen LogP contribution in [0.15, 0.2) is 43.0 Å². The minimum atomic E-state index is -4.30. The first kappa shape index (κ1) is 15.6. The first-order chi connectivity index (χ1) is 9.97. The van der Waals surface area contributed by atoms with E-state index in [0.717, 1.165) is 12.6 Å². The molecule has 0 aliphatic heterocycles. The van der Waals surface area contributed by atoms with Crippen LogP contribution in [0.5, 0.6) is 0 Å². The Morgan fingerprint density at radius 3 is 2.71 bits per heavy atom. The molecular weight excluding hydrogens is 279 g/mol. The predicted octanol–water partition coefficient (Wildman–Crippen LogP) is 3.33. The van der Waals surface area contributed by atoms with Gasteiger partial charge in [0.25, 0.3) is 0 Å². The number of alkyl halides is 3. The zero-order valence-corrected chi connectivity index (χ0v) is 11.8. The summed E-state index contributed by atoms with van der Waals surface area (Å²) in [5.41, 5.74) is -0.292. The second kappa shape index (κ2) is 6.76. The van der Waals surface area contributed by atoms with Crippen LogP contribution in [0, 0.1) is 5.92 Å². The third kappa shape index (κ3) is 4.60. The Morgan fingerprint density at radius 2 is 2.05 bits per heavy atom. The van der Waals surface area contributed by atoms with E-state index >= 15 is 0 Å². The van der Waals surface area contributed by atoms with E-state index in [4.69, 9.17) is 0 Å². The minimum absolute atomic E-state index is 0.212. The molecule has 114 valence electrons. The summed E-state index contributed by atoms with van der Waals surface area (Å²) in [6.45, 7) is 3.69. The van der Waals surface area contributed by atoms with Crippen molar-refractivity contribution < 1.29 is 13.2 Å². The molecule has 3 nitrogen and oxygen atoms in total. The van der Waals surface area contributed by atoms with Gasteiger partial charge in [-0.3, -0.25) is 0 Å². The minimum Gasteiger partial charge on any atom is -0.337 e. The van der Waals surface area contributed by atoms with Crippen molar-refractivity contribution in [2.75, 3.05) is 6.54 Å². The Morgan fingerprint density at radius 1 is 1.29 bits per heavy atom. The summed E-state index contributed by atoms with van der Waals surface area (Å²) < 4.78 is 40.5. The summed E-state index contributed by atoms with van der Waals surface area (Å²) in [6.07, 6.45) is 1.01. The van der Waals surface area contributed by atoms with Crippen molar-refractivity contribution in [3.05, 3.63) is 54.1 Å². The Kier molecular flexibility index (Phi) is 5.01. The Hall–Kier alpha value is -1.82. The van der Waals surface area contributed by atoms with E-state index in [9.17, 15) is 13.2 Å². The molecule has 1 N–H and O–H groups in total. The number of rotatable bonds is 6. The fourth-order valence-corrected chi connectivity index (χ4v) is 2.22. The molecule has 0 radical (unpaired) electrons. The summed E-state index contributed by atoms with van der Waals surface area (Å²) >= 11 is 0. The van der Waals surface area contributed by atoms with Gasteiger partial charge < -0.3 is 9.88 Å². The lowest BCUT2D eigenvalue weighted by atomic mass is 10.1. The van der Waals surface area contributed by atoms with Gasteiger partial charge in [0.1, 0.15) is 0 Å². The average molecular weight is 297 g/mol. The van der Waals surface area contributed by atoms with Crippen molar-refractivity contribution in [2.24, 2.45) is 5.92 Å². The first-order valence-corrected chi connectivity index (χ1v) is 6.78. The van der Waals surface area contributed by atoms with Crippen LogP contribution in [-0.4, -0.2) is 16.1 Å². The maximum absolute atomic E-state index is 12.8. The molecule has 0 amide bonds. The number of benzene rings is 1. The highest BCUT2D eigenvalue weighted by Crippen LogP contribution is 2.31. The lowest BCUT2D eigenvalue weighted by Gasteiger charge is -2.16. The molecule has 2 aromatic rings. The molecule has 1 aromatic carbocycles. The van der Waals surface area contributed by atoms with Gasteiger partial charge in [-0.2, -0.15) is 13.2 Å². The molecule has 0 fully saturated rings. The first-order valence-electron chi connectivity index (χ1n) is 6.78. The second-order valence-electron chi connectivity index (χ2n) is 5.15. The lowest BCUT2D eigenvalue weighted by Crippen LogP contribution is -2.24. The van der Waals surface area contributed by atoms with Crippen LogP contribution in [0.25, 0.3) is 0 Å². The van der Waals surface area contributed by atoms with Gasteiger partial charge in [-0.25, -0.2) is 4.98 Å². The smallest absolute Gasteiger partial charge is 0.337 e. The van der Waals surface area contributed by atoms with E-state index in [1.54, 1.807) is 18.6 Å². The molecule has 1 atom stereocenters. The molecule has 0 bridgehead atoms. The summed E-state index contributed by atoms with van der Waals surface area (Å²) in [4.78, 5) is 3.96. The van der Waals surface area contributed by atoms with Crippen LogP contribution in [0.4, 0.5) is 13.2 Å². The zero-order valence-electron chi connectivity index (χ0n) is 11.8. The van der Waals surface area contributed by atoms with Gasteiger partial charge in [0.2, 0.25) is 0 Å². The summed E-state index contributed by atoms with van der Waals surface area (Å²) in [6, 6.07) is 5.66. The molecular formula is C15H18F3N3. The van der Waals surface area contributed by atoms with Gasteiger partial charge in [0.15, 0.2) is 0 Å². The molecule has 0 saturated carbocycles. The van der Waals surface area contributed by atoms with Crippen molar-refractivity contribution in [1.29, 1.82) is 0 Å². The highest BCUT2D eigenvalue weighted by atomic mass is 19.4. The highest BCUT2D eigenvalue weighted by Gasteiger charge is 2.32. The fourth-order valence-electron chi connectivity index (χ4n) is 2.22. The molecule has 0 aliphatic carbocycles. The van der Waals surface area contributed by atoms with E-state index in [1.807, 2.05) is 17.7 Å². The number of hydrogen-bond acceptors (Lipinski definition) is 2. The molecule has 1 heterocycles. The number of nitrogens with one attached hydrogen (secondary N) is 1. The lowest BCUT2D eigenvalue weighted by molar-refractivity contribution is -0.138. The summed E-state index contributed by atoms with van der Waals surface area (Å²) in [5, 5.41) is 3.09. The van der Waals surface area contributed by atoms with Crippen LogP contribution in [-0.2, 0) is 19.3 Å². The number of halogens is 3. The molecule has 6 heteroatoms. The standard InChI is InChI=1S/C15H18F3N3/c1-12(10-21-7-6-19-11-21)8-20-9-13-4-2-3-5-14(13)15(16,17)18/h2-7,11-12,20H,8-10H2,1H3. The normalized spacial score (nSPS) is 13.3. The monoisotopic (exact) mass is 297 g/mol. The van der Waals surface area contributed by atoms with E-state index in [2.05, 4.69) is 10.3 Å². The van der Waals surface area contributed by atoms with Gasteiger partial charge in [0, 0.05) is 25.5 Å². The third-order valence-electron chi connectivity index (χ3n) is 3.21. The number of nitrogens with zero attached hydrogens (tertiary/aromatic N) is 2. The van der Waals surface area contributed by atoms with Gasteiger partial charge in [-0.05, 0) is 24.1 Å². The average Bonchev–Trinajstić information content (AvgIpc) is 2.91. The van der Waals surface area contributed by atoms with Gasteiger partial charge in [-0.15, -0.1) is 0 Å². The molecule has 1 aromatic heterocycles. The summed E-state index contributed by atoms with van der Waals surface area (Å²) in [5.74, 6) is 0.303. The predicted molar refractivity (Wildman–Crippen MR) is 74.5 cm³/mol. The topological polar surface area (TPSA) is 29.9 Å². The van der Waals surface area contributed by atoms with E-state index < -0.39 is 11.7 Å².